The van der Waals surface area contributed by atoms with E-state index in [1.54, 1.807) is 61.5 Å². The minimum absolute atomic E-state index is 0.0156. The molecule has 0 heterocycles. The van der Waals surface area contributed by atoms with Gasteiger partial charge in [-0.2, -0.15) is 0 Å². The average molecular weight is 660 g/mol. The Morgan fingerprint density at radius 1 is 0.872 bits per heavy atom. The summed E-state index contributed by atoms with van der Waals surface area (Å²) < 4.78 is 50.5. The van der Waals surface area contributed by atoms with E-state index in [0.29, 0.717) is 6.42 Å². The first kappa shape index (κ1) is 35.2. The van der Waals surface area contributed by atoms with Gasteiger partial charge in [-0.25, -0.2) is 12.8 Å². The Balaban J connectivity index is 1.85. The predicted octanol–water partition coefficient (Wildman–Crippen LogP) is 6.28. The number of nitrogens with one attached hydrogen (secondary N) is 1. The van der Waals surface area contributed by atoms with Crippen LogP contribution < -0.4 is 14.4 Å². The molecule has 1 N–H and O–H groups in total. The normalized spacial score (nSPS) is 12.5. The van der Waals surface area contributed by atoms with E-state index in [1.807, 2.05) is 51.1 Å². The number of hydrogen-bond donors (Lipinski definition) is 1. The molecule has 0 spiro atoms. The van der Waals surface area contributed by atoms with Gasteiger partial charge in [0.2, 0.25) is 11.8 Å². The van der Waals surface area contributed by atoms with Crippen molar-refractivity contribution in [1.29, 1.82) is 0 Å². The lowest BCUT2D eigenvalue weighted by molar-refractivity contribution is -0.140. The predicted molar refractivity (Wildman–Crippen MR) is 182 cm³/mol. The quantitative estimate of drug-likeness (QED) is 0.162. The summed E-state index contributed by atoms with van der Waals surface area (Å²) in [7, 11) is -4.32. The number of rotatable bonds is 15. The van der Waals surface area contributed by atoms with E-state index < -0.39 is 40.2 Å². The summed E-state index contributed by atoms with van der Waals surface area (Å²) in [5.41, 5.74) is 2.01. The second-order valence-electron chi connectivity index (χ2n) is 11.4. The third-order valence-electron chi connectivity index (χ3n) is 7.89. The highest BCUT2D eigenvalue weighted by molar-refractivity contribution is 7.92. The Kier molecular flexibility index (Phi) is 12.1. The van der Waals surface area contributed by atoms with Crippen LogP contribution in [-0.4, -0.2) is 50.4 Å². The molecule has 47 heavy (non-hydrogen) atoms. The number of aryl methyl sites for hydroxylation is 1. The van der Waals surface area contributed by atoms with E-state index >= 15 is 4.39 Å². The zero-order valence-electron chi connectivity index (χ0n) is 27.2. The summed E-state index contributed by atoms with van der Waals surface area (Å²) in [5, 5.41) is 2.98. The largest absolute Gasteiger partial charge is 0.492 e. The minimum atomic E-state index is -4.32. The van der Waals surface area contributed by atoms with E-state index in [1.165, 1.54) is 23.1 Å². The van der Waals surface area contributed by atoms with Gasteiger partial charge in [0.1, 0.15) is 24.2 Å². The van der Waals surface area contributed by atoms with Gasteiger partial charge in [0, 0.05) is 24.6 Å². The molecule has 4 aromatic rings. The third-order valence-corrected chi connectivity index (χ3v) is 9.67. The molecule has 0 radical (unpaired) electrons. The highest BCUT2D eigenvalue weighted by Crippen LogP contribution is 2.33. The Hall–Kier alpha value is -4.70. The van der Waals surface area contributed by atoms with Gasteiger partial charge in [0.05, 0.1) is 17.2 Å². The maximum atomic E-state index is 15.1. The van der Waals surface area contributed by atoms with Gasteiger partial charge in [0.15, 0.2) is 0 Å². The molecular weight excluding hydrogens is 617 g/mol. The highest BCUT2D eigenvalue weighted by Gasteiger charge is 2.36. The van der Waals surface area contributed by atoms with Crippen LogP contribution in [0.1, 0.15) is 43.9 Å². The molecule has 4 aromatic carbocycles. The van der Waals surface area contributed by atoms with Gasteiger partial charge < -0.3 is 15.0 Å². The third kappa shape index (κ3) is 8.98. The second kappa shape index (κ2) is 16.2. The molecule has 8 nitrogen and oxygen atoms in total. The summed E-state index contributed by atoms with van der Waals surface area (Å²) in [5.74, 6) is -1.38. The summed E-state index contributed by atoms with van der Waals surface area (Å²) in [6.45, 7) is 6.75. The number of hydrogen-bond acceptors (Lipinski definition) is 5. The Morgan fingerprint density at radius 2 is 1.51 bits per heavy atom. The lowest BCUT2D eigenvalue weighted by Crippen LogP contribution is -2.54. The number of halogens is 1. The molecule has 0 aliphatic heterocycles. The fraction of sp³-hybridized carbons (Fsp3) is 0.297. The fourth-order valence-corrected chi connectivity index (χ4v) is 6.52. The van der Waals surface area contributed by atoms with Gasteiger partial charge in [-0.3, -0.25) is 13.9 Å². The molecule has 0 aliphatic carbocycles. The standard InChI is InChI=1S/C37H42FN3O5S/c1-5-28(4)39-37(43)34(24-29-14-8-7-9-15-29)40(25-30-16-10-11-17-32(30)38)36(42)26-41(33-18-12-13-19-35(33)46-6-2)47(44,45)31-22-20-27(3)21-23-31/h7-23,28,34H,5-6,24-26H2,1-4H3,(H,39,43)/t28-,34+/m1/s1. The van der Waals surface area contributed by atoms with Crippen LogP contribution in [0.5, 0.6) is 5.75 Å². The molecule has 0 saturated carbocycles. The smallest absolute Gasteiger partial charge is 0.264 e. The van der Waals surface area contributed by atoms with E-state index in [9.17, 15) is 18.0 Å². The monoisotopic (exact) mass is 659 g/mol. The van der Waals surface area contributed by atoms with E-state index in [2.05, 4.69) is 5.32 Å². The van der Waals surface area contributed by atoms with Crippen molar-refractivity contribution in [3.8, 4) is 5.75 Å². The maximum absolute atomic E-state index is 15.1. The number of para-hydroxylation sites is 2. The van der Waals surface area contributed by atoms with Crippen molar-refractivity contribution < 1.29 is 27.1 Å². The second-order valence-corrected chi connectivity index (χ2v) is 13.2. The first-order chi connectivity index (χ1) is 22.5. The molecule has 2 amide bonds. The summed E-state index contributed by atoms with van der Waals surface area (Å²) in [6.07, 6.45) is 0.783. The minimum Gasteiger partial charge on any atom is -0.492 e. The zero-order valence-corrected chi connectivity index (χ0v) is 28.0. The van der Waals surface area contributed by atoms with E-state index in [4.69, 9.17) is 4.74 Å². The molecule has 0 bridgehead atoms. The van der Waals surface area contributed by atoms with Crippen molar-refractivity contribution in [3.63, 3.8) is 0 Å². The van der Waals surface area contributed by atoms with E-state index in [-0.39, 0.29) is 47.5 Å². The molecule has 0 saturated heterocycles. The molecule has 10 heteroatoms. The van der Waals surface area contributed by atoms with Crippen molar-refractivity contribution in [2.75, 3.05) is 17.5 Å². The van der Waals surface area contributed by atoms with Gasteiger partial charge in [-0.1, -0.05) is 85.3 Å². The number of nitrogens with zero attached hydrogens (tertiary/aromatic N) is 2. The lowest BCUT2D eigenvalue weighted by Gasteiger charge is -2.34. The average Bonchev–Trinajstić information content (AvgIpc) is 3.07. The van der Waals surface area contributed by atoms with E-state index in [0.717, 1.165) is 15.4 Å². The lowest BCUT2D eigenvalue weighted by atomic mass is 10.0. The number of carbonyl (C=O) groups excluding carboxylic acids is 2. The number of carbonyl (C=O) groups is 2. The van der Waals surface area contributed by atoms with Gasteiger partial charge in [-0.05, 0) is 63.1 Å². The van der Waals surface area contributed by atoms with Crippen molar-refractivity contribution in [3.05, 3.63) is 126 Å². The molecule has 0 fully saturated rings. The van der Waals surface area contributed by atoms with Crippen LogP contribution in [-0.2, 0) is 32.6 Å². The van der Waals surface area contributed by atoms with Crippen LogP contribution >= 0.6 is 0 Å². The van der Waals surface area contributed by atoms with Crippen LogP contribution in [0.3, 0.4) is 0 Å². The molecule has 0 aromatic heterocycles. The first-order valence-corrected chi connectivity index (χ1v) is 17.2. The van der Waals surface area contributed by atoms with Crippen molar-refractivity contribution in [2.24, 2.45) is 0 Å². The number of benzene rings is 4. The number of sulfonamides is 1. The van der Waals surface area contributed by atoms with Crippen LogP contribution in [0, 0.1) is 12.7 Å². The van der Waals surface area contributed by atoms with Crippen molar-refractivity contribution in [1.82, 2.24) is 10.2 Å². The summed E-state index contributed by atoms with van der Waals surface area (Å²) in [6, 6.07) is 26.9. The molecule has 4 rings (SSSR count). The number of ether oxygens (including phenoxy) is 1. The maximum Gasteiger partial charge on any atom is 0.264 e. The van der Waals surface area contributed by atoms with Gasteiger partial charge >= 0.3 is 0 Å². The van der Waals surface area contributed by atoms with Crippen LogP contribution in [0.2, 0.25) is 0 Å². The molecule has 248 valence electrons. The summed E-state index contributed by atoms with van der Waals surface area (Å²) in [4.78, 5) is 29.8. The van der Waals surface area contributed by atoms with Gasteiger partial charge in [0.25, 0.3) is 10.0 Å². The SMILES string of the molecule is CCOc1ccccc1N(CC(=O)N(Cc1ccccc1F)[C@@H](Cc1ccccc1)C(=O)N[C@H](C)CC)S(=O)(=O)c1ccc(C)cc1. The van der Waals surface area contributed by atoms with Crippen molar-refractivity contribution in [2.45, 2.75) is 64.1 Å². The Bertz CT molecular complexity index is 1750. The Morgan fingerprint density at radius 3 is 2.17 bits per heavy atom. The Labute approximate surface area is 277 Å². The van der Waals surface area contributed by atoms with Crippen LogP contribution in [0.15, 0.2) is 108 Å². The molecule has 0 aliphatic rings. The number of anilines is 1. The van der Waals surface area contributed by atoms with Crippen molar-refractivity contribution >= 4 is 27.5 Å². The first-order valence-electron chi connectivity index (χ1n) is 15.7. The molecular formula is C37H42FN3O5S. The molecule has 0 unspecified atom stereocenters. The van der Waals surface area contributed by atoms with Gasteiger partial charge in [-0.15, -0.1) is 0 Å². The molecule has 2 atom stereocenters. The fourth-order valence-electron chi connectivity index (χ4n) is 5.10. The number of amides is 2. The van der Waals surface area contributed by atoms with Crippen LogP contribution in [0.25, 0.3) is 0 Å². The zero-order chi connectivity index (χ0) is 34.0. The highest BCUT2D eigenvalue weighted by atomic mass is 32.2. The van der Waals surface area contributed by atoms with Crippen LogP contribution in [0.4, 0.5) is 10.1 Å². The topological polar surface area (TPSA) is 96.0 Å². The summed E-state index contributed by atoms with van der Waals surface area (Å²) >= 11 is 0.